The minimum absolute atomic E-state index is 0.860. The molecule has 50 heavy (non-hydrogen) atoms. The molecule has 4 aromatic heterocycles. The van der Waals surface area contributed by atoms with E-state index in [1.807, 2.05) is 48.8 Å². The van der Waals surface area contributed by atoms with Crippen LogP contribution >= 0.6 is 0 Å². The van der Waals surface area contributed by atoms with Crippen molar-refractivity contribution >= 4 is 43.9 Å². The minimum atomic E-state index is 0.860. The van der Waals surface area contributed by atoms with Crippen molar-refractivity contribution in [1.82, 2.24) is 9.97 Å². The van der Waals surface area contributed by atoms with Crippen molar-refractivity contribution in [3.8, 4) is 78.1 Å². The molecule has 6 aromatic carbocycles. The van der Waals surface area contributed by atoms with Crippen molar-refractivity contribution in [2.75, 3.05) is 0 Å². The van der Waals surface area contributed by atoms with E-state index >= 15 is 0 Å². The number of benzene rings is 6. The Kier molecular flexibility index (Phi) is 4.94. The van der Waals surface area contributed by atoms with Crippen LogP contribution in [0.2, 0.25) is 0 Å². The number of fused-ring (bicyclic) bond motifs is 14. The van der Waals surface area contributed by atoms with Gasteiger partial charge in [-0.05, 0) is 104 Å². The van der Waals surface area contributed by atoms with Gasteiger partial charge in [-0.25, -0.2) is 0 Å². The zero-order chi connectivity index (χ0) is 32.5. The summed E-state index contributed by atoms with van der Waals surface area (Å²) in [5.74, 6) is 0. The smallest absolute Gasteiger partial charge is 0.139 e. The lowest BCUT2D eigenvalue weighted by Crippen LogP contribution is -2.01. The van der Waals surface area contributed by atoms with Crippen LogP contribution < -0.4 is 0 Å². The Bertz CT molecular complexity index is 2900. The van der Waals surface area contributed by atoms with Crippen molar-refractivity contribution in [2.45, 2.75) is 0 Å². The third-order valence-electron chi connectivity index (χ3n) is 10.7. The van der Waals surface area contributed by atoms with Gasteiger partial charge in [0.2, 0.25) is 0 Å². The van der Waals surface area contributed by atoms with E-state index in [-0.39, 0.29) is 0 Å². The number of nitrogens with zero attached hydrogens (tertiary/aromatic N) is 2. The van der Waals surface area contributed by atoms with Gasteiger partial charge in [0.15, 0.2) is 0 Å². The van der Waals surface area contributed by atoms with E-state index in [0.29, 0.717) is 0 Å². The number of para-hydroxylation sites is 2. The van der Waals surface area contributed by atoms with Gasteiger partial charge >= 0.3 is 0 Å². The van der Waals surface area contributed by atoms with E-state index in [9.17, 15) is 0 Å². The van der Waals surface area contributed by atoms with E-state index in [2.05, 4.69) is 97.1 Å². The van der Waals surface area contributed by atoms with Crippen LogP contribution in [0.3, 0.4) is 0 Å². The molecule has 0 fully saturated rings. The third kappa shape index (κ3) is 3.44. The highest BCUT2D eigenvalue weighted by Gasteiger charge is 2.27. The molecule has 0 unspecified atom stereocenters. The van der Waals surface area contributed by atoms with Crippen molar-refractivity contribution in [3.63, 3.8) is 0 Å². The highest BCUT2D eigenvalue weighted by molar-refractivity contribution is 6.14. The van der Waals surface area contributed by atoms with Crippen LogP contribution in [0, 0.1) is 0 Å². The zero-order valence-corrected chi connectivity index (χ0v) is 26.6. The summed E-state index contributed by atoms with van der Waals surface area (Å²) >= 11 is 0. The SMILES string of the molecule is c1ccc2c(c1)oc1ccnc(-c3ccc4c(c3)-c3cc(-c5ccc6c(c5)-c5cc(-c7nccc8oc9ccccc9c78)ccc5-6)ccc3-4)c12. The number of hydrogen-bond acceptors (Lipinski definition) is 4. The van der Waals surface area contributed by atoms with Crippen molar-refractivity contribution in [2.24, 2.45) is 0 Å². The molecule has 0 N–H and O–H groups in total. The monoisotopic (exact) mass is 636 g/mol. The summed E-state index contributed by atoms with van der Waals surface area (Å²) in [5.41, 5.74) is 20.2. The van der Waals surface area contributed by atoms with Crippen LogP contribution in [0.5, 0.6) is 0 Å². The summed E-state index contributed by atoms with van der Waals surface area (Å²) in [4.78, 5) is 9.68. The second-order valence-electron chi connectivity index (χ2n) is 13.3. The largest absolute Gasteiger partial charge is 0.456 e. The maximum absolute atomic E-state index is 6.16. The van der Waals surface area contributed by atoms with Gasteiger partial charge in [-0.2, -0.15) is 0 Å². The molecular formula is C46H24N2O2. The average molecular weight is 637 g/mol. The van der Waals surface area contributed by atoms with E-state index in [1.54, 1.807) is 0 Å². The molecule has 2 aliphatic carbocycles. The Morgan fingerprint density at radius 2 is 0.700 bits per heavy atom. The second-order valence-corrected chi connectivity index (χ2v) is 13.3. The quantitative estimate of drug-likeness (QED) is 0.194. The summed E-state index contributed by atoms with van der Waals surface area (Å²) in [6.45, 7) is 0. The fourth-order valence-electron chi connectivity index (χ4n) is 8.31. The predicted molar refractivity (Wildman–Crippen MR) is 202 cm³/mol. The first-order valence-electron chi connectivity index (χ1n) is 16.9. The van der Waals surface area contributed by atoms with E-state index in [4.69, 9.17) is 18.8 Å². The first kappa shape index (κ1) is 26.2. The van der Waals surface area contributed by atoms with Crippen molar-refractivity contribution < 1.29 is 8.83 Å². The minimum Gasteiger partial charge on any atom is -0.456 e. The topological polar surface area (TPSA) is 52.1 Å². The Hall–Kier alpha value is -6.78. The lowest BCUT2D eigenvalue weighted by atomic mass is 9.76. The molecule has 0 amide bonds. The van der Waals surface area contributed by atoms with Crippen LogP contribution in [-0.4, -0.2) is 9.97 Å². The number of furan rings is 2. The Balaban J connectivity index is 0.918. The van der Waals surface area contributed by atoms with Gasteiger partial charge in [0, 0.05) is 34.3 Å². The fraction of sp³-hybridized carbons (Fsp3) is 0. The molecule has 4 heterocycles. The third-order valence-corrected chi connectivity index (χ3v) is 10.7. The Labute approximate surface area is 285 Å². The number of hydrogen-bond donors (Lipinski definition) is 0. The lowest BCUT2D eigenvalue weighted by Gasteiger charge is -2.27. The Morgan fingerprint density at radius 1 is 0.320 bits per heavy atom. The molecule has 0 bridgehead atoms. The van der Waals surface area contributed by atoms with Crippen LogP contribution in [0.1, 0.15) is 0 Å². The normalized spacial score (nSPS) is 12.4. The van der Waals surface area contributed by atoms with Crippen LogP contribution in [0.4, 0.5) is 0 Å². The van der Waals surface area contributed by atoms with Gasteiger partial charge in [0.05, 0.1) is 22.2 Å². The van der Waals surface area contributed by atoms with Gasteiger partial charge in [0.1, 0.15) is 22.3 Å². The molecule has 230 valence electrons. The first-order valence-corrected chi connectivity index (χ1v) is 16.9. The van der Waals surface area contributed by atoms with E-state index < -0.39 is 0 Å². The molecule has 0 saturated heterocycles. The molecule has 4 nitrogen and oxygen atoms in total. The highest BCUT2D eigenvalue weighted by atomic mass is 16.3. The lowest BCUT2D eigenvalue weighted by molar-refractivity contribution is 0.668. The maximum Gasteiger partial charge on any atom is 0.139 e. The molecule has 0 atom stereocenters. The van der Waals surface area contributed by atoms with Crippen LogP contribution in [0.25, 0.3) is 122 Å². The number of rotatable bonds is 3. The fourth-order valence-corrected chi connectivity index (χ4v) is 8.31. The standard InChI is InChI=1S/C46H24N2O2/c1-3-7-39-33(5-1)43-41(49-39)17-19-47-45(43)27-11-15-31-29-13-9-25(21-35(29)37(31)23-27)26-10-14-30-32-16-12-28(24-38(32)36(30)22-26)46-44-34-6-2-4-8-40(34)50-42(44)18-20-48-46/h1-24H. The molecule has 0 saturated carbocycles. The number of aromatic nitrogens is 2. The van der Waals surface area contributed by atoms with Crippen molar-refractivity contribution in [1.29, 1.82) is 0 Å². The molecule has 2 aliphatic rings. The van der Waals surface area contributed by atoms with Gasteiger partial charge in [-0.3, -0.25) is 9.97 Å². The van der Waals surface area contributed by atoms with Gasteiger partial charge < -0.3 is 8.83 Å². The summed E-state index contributed by atoms with van der Waals surface area (Å²) in [7, 11) is 0. The first-order chi connectivity index (χ1) is 24.8. The van der Waals surface area contributed by atoms with Gasteiger partial charge in [0.25, 0.3) is 0 Å². The van der Waals surface area contributed by atoms with E-state index in [0.717, 1.165) is 66.4 Å². The van der Waals surface area contributed by atoms with Crippen LogP contribution in [-0.2, 0) is 0 Å². The molecular weight excluding hydrogens is 613 g/mol. The second kappa shape index (κ2) is 9.43. The van der Waals surface area contributed by atoms with Crippen molar-refractivity contribution in [3.05, 3.63) is 146 Å². The molecule has 0 spiro atoms. The maximum atomic E-state index is 6.16. The van der Waals surface area contributed by atoms with Crippen LogP contribution in [0.15, 0.2) is 155 Å². The number of pyridine rings is 2. The molecule has 10 aromatic rings. The average Bonchev–Trinajstić information content (AvgIpc) is 3.74. The molecule has 0 radical (unpaired) electrons. The molecule has 12 rings (SSSR count). The zero-order valence-electron chi connectivity index (χ0n) is 26.6. The van der Waals surface area contributed by atoms with Gasteiger partial charge in [-0.15, -0.1) is 0 Å². The molecule has 4 heteroatoms. The summed E-state index contributed by atoms with van der Waals surface area (Å²) in [6.07, 6.45) is 3.68. The highest BCUT2D eigenvalue weighted by Crippen LogP contribution is 2.53. The summed E-state index contributed by atoms with van der Waals surface area (Å²) < 4.78 is 12.3. The summed E-state index contributed by atoms with van der Waals surface area (Å²) in [6, 6.07) is 47.4. The Morgan fingerprint density at radius 3 is 1.14 bits per heavy atom. The molecule has 0 aliphatic heterocycles. The van der Waals surface area contributed by atoms with Gasteiger partial charge in [-0.1, -0.05) is 84.9 Å². The van der Waals surface area contributed by atoms with E-state index in [1.165, 1.54) is 55.6 Å². The summed E-state index contributed by atoms with van der Waals surface area (Å²) in [5, 5.41) is 4.31. The predicted octanol–water partition coefficient (Wildman–Crippen LogP) is 12.6.